The first kappa shape index (κ1) is 14.7. The van der Waals surface area contributed by atoms with Gasteiger partial charge in [-0.3, -0.25) is 4.79 Å². The van der Waals surface area contributed by atoms with Crippen molar-refractivity contribution < 1.29 is 9.90 Å². The predicted molar refractivity (Wildman–Crippen MR) is 79.4 cm³/mol. The molecule has 1 atom stereocenters. The van der Waals surface area contributed by atoms with Crippen molar-refractivity contribution in [3.05, 3.63) is 34.9 Å². The highest BCUT2D eigenvalue weighted by molar-refractivity contribution is 7.99. The molecule has 3 nitrogen and oxygen atoms in total. The maximum absolute atomic E-state index is 12.0. The van der Waals surface area contributed by atoms with E-state index in [2.05, 4.69) is 0 Å². The summed E-state index contributed by atoms with van der Waals surface area (Å²) in [5, 5.41) is 10.3. The summed E-state index contributed by atoms with van der Waals surface area (Å²) in [5.41, 5.74) is 1.17. The summed E-state index contributed by atoms with van der Waals surface area (Å²) in [6.45, 7) is 1.26. The van der Waals surface area contributed by atoms with Crippen molar-refractivity contribution in [1.82, 2.24) is 4.90 Å². The third-order valence-electron chi connectivity index (χ3n) is 3.16. The Morgan fingerprint density at radius 1 is 1.42 bits per heavy atom. The minimum Gasteiger partial charge on any atom is -0.391 e. The van der Waals surface area contributed by atoms with Crippen molar-refractivity contribution >= 4 is 29.3 Å². The molecule has 1 aliphatic rings. The number of hydrogen-bond acceptors (Lipinski definition) is 3. The Morgan fingerprint density at radius 3 is 2.84 bits per heavy atom. The Bertz CT molecular complexity index is 424. The fourth-order valence-electron chi connectivity index (χ4n) is 2.11. The number of carbonyl (C=O) groups excluding carboxylic acids is 1. The lowest BCUT2D eigenvalue weighted by molar-refractivity contribution is -0.131. The molecule has 1 fully saturated rings. The molecule has 19 heavy (non-hydrogen) atoms. The van der Waals surface area contributed by atoms with E-state index in [1.54, 1.807) is 16.7 Å². The van der Waals surface area contributed by atoms with E-state index in [1.165, 1.54) is 5.56 Å². The van der Waals surface area contributed by atoms with Crippen molar-refractivity contribution in [1.29, 1.82) is 0 Å². The maximum atomic E-state index is 12.0. The lowest BCUT2D eigenvalue weighted by Gasteiger charge is -2.30. The first-order chi connectivity index (χ1) is 9.15. The molecule has 0 aliphatic carbocycles. The zero-order chi connectivity index (χ0) is 13.7. The minimum absolute atomic E-state index is 0.123. The number of benzene rings is 1. The van der Waals surface area contributed by atoms with Crippen molar-refractivity contribution in [2.75, 3.05) is 18.8 Å². The summed E-state index contributed by atoms with van der Waals surface area (Å²) < 4.78 is 0. The zero-order valence-electron chi connectivity index (χ0n) is 10.7. The summed E-state index contributed by atoms with van der Waals surface area (Å²) in [6.07, 6.45) is 1.36. The second-order valence-corrected chi connectivity index (χ2v) is 6.18. The Hall–Kier alpha value is -0.710. The van der Waals surface area contributed by atoms with Gasteiger partial charge >= 0.3 is 0 Å². The molecule has 1 amide bonds. The number of rotatable bonds is 4. The van der Waals surface area contributed by atoms with Crippen LogP contribution >= 0.6 is 23.4 Å². The topological polar surface area (TPSA) is 40.5 Å². The quantitative estimate of drug-likeness (QED) is 0.929. The number of likely N-dealkylation sites (tertiary alicyclic amines) is 1. The largest absolute Gasteiger partial charge is 0.391 e. The van der Waals surface area contributed by atoms with Gasteiger partial charge in [0.25, 0.3) is 0 Å². The summed E-state index contributed by atoms with van der Waals surface area (Å²) in [6, 6.07) is 7.68. The minimum atomic E-state index is -0.348. The van der Waals surface area contributed by atoms with Crippen LogP contribution in [-0.2, 0) is 10.5 Å². The molecular weight excluding hydrogens is 282 g/mol. The molecule has 1 aliphatic heterocycles. The van der Waals surface area contributed by atoms with E-state index in [9.17, 15) is 9.90 Å². The molecule has 0 saturated carbocycles. The number of β-amino-alcohol motifs (C(OH)–C–C–N with tert-alkyl or cyclic N) is 1. The fourth-order valence-corrected chi connectivity index (χ4v) is 3.12. The molecule has 1 aromatic carbocycles. The normalized spacial score (nSPS) is 19.5. The summed E-state index contributed by atoms with van der Waals surface area (Å²) in [5.74, 6) is 1.40. The van der Waals surface area contributed by atoms with Gasteiger partial charge in [-0.15, -0.1) is 11.8 Å². The number of aliphatic hydroxyl groups excluding tert-OH is 1. The molecule has 0 radical (unpaired) electrons. The van der Waals surface area contributed by atoms with Crippen LogP contribution in [0.15, 0.2) is 24.3 Å². The molecule has 0 unspecified atom stereocenters. The number of aliphatic hydroxyl groups is 1. The van der Waals surface area contributed by atoms with E-state index in [0.717, 1.165) is 30.2 Å². The van der Waals surface area contributed by atoms with Gasteiger partial charge in [-0.05, 0) is 30.5 Å². The van der Waals surface area contributed by atoms with E-state index >= 15 is 0 Å². The third-order valence-corrected chi connectivity index (χ3v) is 4.40. The van der Waals surface area contributed by atoms with Crippen molar-refractivity contribution in [2.24, 2.45) is 0 Å². The van der Waals surface area contributed by atoms with Crippen LogP contribution in [0.1, 0.15) is 18.4 Å². The van der Waals surface area contributed by atoms with E-state index in [1.807, 2.05) is 24.3 Å². The van der Waals surface area contributed by atoms with E-state index in [4.69, 9.17) is 11.6 Å². The molecule has 0 bridgehead atoms. The molecular formula is C14H18ClNO2S. The van der Waals surface area contributed by atoms with Gasteiger partial charge < -0.3 is 10.0 Å². The second kappa shape index (κ2) is 7.17. The average molecular weight is 300 g/mol. The van der Waals surface area contributed by atoms with Crippen molar-refractivity contribution in [3.8, 4) is 0 Å². The molecule has 2 rings (SSSR count). The Balaban J connectivity index is 1.73. The Labute approximate surface area is 122 Å². The number of thioether (sulfide) groups is 1. The average Bonchev–Trinajstić information content (AvgIpc) is 2.41. The molecule has 104 valence electrons. The molecule has 0 spiro atoms. The van der Waals surface area contributed by atoms with Crippen molar-refractivity contribution in [3.63, 3.8) is 0 Å². The van der Waals surface area contributed by atoms with Gasteiger partial charge in [-0.2, -0.15) is 0 Å². The Morgan fingerprint density at radius 2 is 2.16 bits per heavy atom. The predicted octanol–water partition coefficient (Wildman–Crippen LogP) is 2.56. The molecule has 5 heteroatoms. The number of hydrogen-bond donors (Lipinski definition) is 1. The molecule has 1 aromatic rings. The van der Waals surface area contributed by atoms with Crippen LogP contribution < -0.4 is 0 Å². The number of carbonyl (C=O) groups is 1. The molecule has 1 saturated heterocycles. The van der Waals surface area contributed by atoms with E-state index < -0.39 is 0 Å². The number of halogens is 1. The SMILES string of the molecule is O=C(CSCc1ccc(Cl)cc1)N1CCC[C@H](O)C1. The van der Waals surface area contributed by atoms with Gasteiger partial charge in [0.15, 0.2) is 0 Å². The first-order valence-corrected chi connectivity index (χ1v) is 7.96. The van der Waals surface area contributed by atoms with Crippen molar-refractivity contribution in [2.45, 2.75) is 24.7 Å². The highest BCUT2D eigenvalue weighted by Crippen LogP contribution is 2.17. The van der Waals surface area contributed by atoms with Crippen LogP contribution in [-0.4, -0.2) is 40.9 Å². The van der Waals surface area contributed by atoms with Gasteiger partial charge in [0.05, 0.1) is 11.9 Å². The standard InChI is InChI=1S/C14H18ClNO2S/c15-12-5-3-11(4-6-12)9-19-10-14(18)16-7-1-2-13(17)8-16/h3-6,13,17H,1-2,7-10H2/t13-/m0/s1. The zero-order valence-corrected chi connectivity index (χ0v) is 12.3. The van der Waals surface area contributed by atoms with Gasteiger partial charge in [0.1, 0.15) is 0 Å². The van der Waals surface area contributed by atoms with E-state index in [-0.39, 0.29) is 12.0 Å². The van der Waals surface area contributed by atoms with Gasteiger partial charge in [-0.1, -0.05) is 23.7 Å². The van der Waals surface area contributed by atoms with Crippen LogP contribution in [0.5, 0.6) is 0 Å². The smallest absolute Gasteiger partial charge is 0.232 e. The van der Waals surface area contributed by atoms with Gasteiger partial charge in [0, 0.05) is 23.9 Å². The highest BCUT2D eigenvalue weighted by atomic mass is 35.5. The lowest BCUT2D eigenvalue weighted by Crippen LogP contribution is -2.43. The summed E-state index contributed by atoms with van der Waals surface area (Å²) >= 11 is 7.42. The maximum Gasteiger partial charge on any atom is 0.232 e. The third kappa shape index (κ3) is 4.71. The fraction of sp³-hybridized carbons (Fsp3) is 0.500. The summed E-state index contributed by atoms with van der Waals surface area (Å²) in [7, 11) is 0. The van der Waals surface area contributed by atoms with Gasteiger partial charge in [0.2, 0.25) is 5.91 Å². The van der Waals surface area contributed by atoms with Crippen LogP contribution in [0, 0.1) is 0 Å². The van der Waals surface area contributed by atoms with Crippen LogP contribution in [0.2, 0.25) is 5.02 Å². The lowest BCUT2D eigenvalue weighted by atomic mass is 10.1. The van der Waals surface area contributed by atoms with Gasteiger partial charge in [-0.25, -0.2) is 0 Å². The molecule has 0 aromatic heterocycles. The van der Waals surface area contributed by atoms with Crippen LogP contribution in [0.4, 0.5) is 0 Å². The number of nitrogens with zero attached hydrogens (tertiary/aromatic N) is 1. The summed E-state index contributed by atoms with van der Waals surface area (Å²) in [4.78, 5) is 13.7. The second-order valence-electron chi connectivity index (χ2n) is 4.76. The number of amides is 1. The highest BCUT2D eigenvalue weighted by Gasteiger charge is 2.21. The molecule has 1 N–H and O–H groups in total. The molecule has 1 heterocycles. The van der Waals surface area contributed by atoms with Crippen LogP contribution in [0.3, 0.4) is 0 Å². The first-order valence-electron chi connectivity index (χ1n) is 6.43. The monoisotopic (exact) mass is 299 g/mol. The van der Waals surface area contributed by atoms with E-state index in [0.29, 0.717) is 12.3 Å². The number of piperidine rings is 1. The Kier molecular flexibility index (Phi) is 5.55. The van der Waals surface area contributed by atoms with Crippen LogP contribution in [0.25, 0.3) is 0 Å².